The van der Waals surface area contributed by atoms with Crippen LogP contribution in [-0.2, 0) is 12.8 Å². The molecule has 0 spiro atoms. The number of benzene rings is 3. The second-order valence-corrected chi connectivity index (χ2v) is 7.42. The van der Waals surface area contributed by atoms with Crippen molar-refractivity contribution in [3.63, 3.8) is 0 Å². The summed E-state index contributed by atoms with van der Waals surface area (Å²) in [5.41, 5.74) is 2.29. The van der Waals surface area contributed by atoms with Crippen LogP contribution in [0.2, 0.25) is 0 Å². The zero-order chi connectivity index (χ0) is 23.4. The molecule has 0 aliphatic rings. The molecular formula is C26H19F3N2O2. The maximum atomic E-state index is 13.5. The molecule has 0 aliphatic heterocycles. The summed E-state index contributed by atoms with van der Waals surface area (Å²) in [5.74, 6) is 1.19. The van der Waals surface area contributed by atoms with E-state index in [-0.39, 0.29) is 12.1 Å². The zero-order valence-electron chi connectivity index (χ0n) is 17.7. The molecule has 0 amide bonds. The number of fused-ring (bicyclic) bond motifs is 1. The number of nitriles is 1. The Labute approximate surface area is 188 Å². The fourth-order valence-corrected chi connectivity index (χ4v) is 3.64. The molecule has 1 aromatic heterocycles. The number of pyridine rings is 1. The van der Waals surface area contributed by atoms with Crippen LogP contribution in [0.4, 0.5) is 13.2 Å². The highest BCUT2D eigenvalue weighted by atomic mass is 19.4. The van der Waals surface area contributed by atoms with Crippen molar-refractivity contribution in [2.75, 3.05) is 6.61 Å². The zero-order valence-corrected chi connectivity index (χ0v) is 17.7. The molecule has 3 aromatic carbocycles. The molecule has 0 aliphatic carbocycles. The number of nitrogens with zero attached hydrogens (tertiary/aromatic N) is 2. The monoisotopic (exact) mass is 448 g/mol. The maximum Gasteiger partial charge on any atom is 0.418 e. The number of rotatable bonds is 6. The SMILES string of the molecule is Cc1cnc2c(C(F)(F)F)cccc2c1-c1cccc(OCc2ccc(OCC#N)cc2)c1. The van der Waals surface area contributed by atoms with E-state index < -0.39 is 11.7 Å². The first-order valence-corrected chi connectivity index (χ1v) is 10.1. The summed E-state index contributed by atoms with van der Waals surface area (Å²) in [6, 6.07) is 20.5. The Hall–Kier alpha value is -4.05. The van der Waals surface area contributed by atoms with E-state index in [9.17, 15) is 13.2 Å². The van der Waals surface area contributed by atoms with Crippen LogP contribution in [0.1, 0.15) is 16.7 Å². The Kier molecular flexibility index (Phi) is 6.18. The van der Waals surface area contributed by atoms with Crippen LogP contribution in [0.15, 0.2) is 72.9 Å². The van der Waals surface area contributed by atoms with E-state index >= 15 is 0 Å². The first-order valence-electron chi connectivity index (χ1n) is 10.1. The molecule has 4 aromatic rings. The molecular weight excluding hydrogens is 429 g/mol. The Morgan fingerprint density at radius 3 is 2.42 bits per heavy atom. The van der Waals surface area contributed by atoms with Gasteiger partial charge in [0.15, 0.2) is 6.61 Å². The van der Waals surface area contributed by atoms with Gasteiger partial charge in [-0.3, -0.25) is 4.98 Å². The third kappa shape index (κ3) is 4.90. The number of hydrogen-bond donors (Lipinski definition) is 0. The number of ether oxygens (including phenoxy) is 2. The second-order valence-electron chi connectivity index (χ2n) is 7.42. The molecule has 0 saturated carbocycles. The van der Waals surface area contributed by atoms with Crippen molar-refractivity contribution in [1.82, 2.24) is 4.98 Å². The number of halogens is 3. The Morgan fingerprint density at radius 2 is 1.70 bits per heavy atom. The molecule has 7 heteroatoms. The third-order valence-electron chi connectivity index (χ3n) is 5.15. The van der Waals surface area contributed by atoms with Crippen LogP contribution in [0.25, 0.3) is 22.0 Å². The van der Waals surface area contributed by atoms with Crippen LogP contribution in [-0.4, -0.2) is 11.6 Å². The number of hydrogen-bond acceptors (Lipinski definition) is 4. The van der Waals surface area contributed by atoms with Gasteiger partial charge in [-0.05, 0) is 59.5 Å². The average molecular weight is 448 g/mol. The van der Waals surface area contributed by atoms with Gasteiger partial charge in [0.1, 0.15) is 24.2 Å². The van der Waals surface area contributed by atoms with E-state index in [1.165, 1.54) is 12.3 Å². The van der Waals surface area contributed by atoms with Gasteiger partial charge in [-0.25, -0.2) is 0 Å². The van der Waals surface area contributed by atoms with Crippen molar-refractivity contribution in [3.8, 4) is 28.7 Å². The highest BCUT2D eigenvalue weighted by molar-refractivity contribution is 5.97. The largest absolute Gasteiger partial charge is 0.489 e. The molecule has 0 N–H and O–H groups in total. The molecule has 4 rings (SSSR count). The minimum Gasteiger partial charge on any atom is -0.489 e. The van der Waals surface area contributed by atoms with Crippen LogP contribution < -0.4 is 9.47 Å². The minimum atomic E-state index is -4.49. The van der Waals surface area contributed by atoms with Crippen molar-refractivity contribution in [1.29, 1.82) is 5.26 Å². The van der Waals surface area contributed by atoms with Crippen LogP contribution in [0, 0.1) is 18.3 Å². The molecule has 4 nitrogen and oxygen atoms in total. The lowest BCUT2D eigenvalue weighted by molar-refractivity contribution is -0.136. The normalized spacial score (nSPS) is 11.2. The van der Waals surface area contributed by atoms with Crippen molar-refractivity contribution in [2.45, 2.75) is 19.7 Å². The van der Waals surface area contributed by atoms with Gasteiger partial charge in [-0.1, -0.05) is 36.4 Å². The molecule has 33 heavy (non-hydrogen) atoms. The summed E-state index contributed by atoms with van der Waals surface area (Å²) in [6.45, 7) is 2.11. The van der Waals surface area contributed by atoms with Crippen molar-refractivity contribution in [3.05, 3.63) is 89.6 Å². The van der Waals surface area contributed by atoms with E-state index in [4.69, 9.17) is 14.7 Å². The van der Waals surface area contributed by atoms with Crippen LogP contribution >= 0.6 is 0 Å². The standard InChI is InChI=1S/C26H19F3N2O2/c1-17-15-31-25-22(6-3-7-23(25)26(27,28)29)24(17)19-4-2-5-21(14-19)33-16-18-8-10-20(11-9-18)32-13-12-30/h2-11,14-15H,13,16H2,1H3. The van der Waals surface area contributed by atoms with Gasteiger partial charge < -0.3 is 9.47 Å². The maximum absolute atomic E-state index is 13.5. The summed E-state index contributed by atoms with van der Waals surface area (Å²) in [4.78, 5) is 4.08. The molecule has 0 radical (unpaired) electrons. The first-order chi connectivity index (χ1) is 15.9. The number of para-hydroxylation sites is 1. The first kappa shape index (κ1) is 22.2. The summed E-state index contributed by atoms with van der Waals surface area (Å²) in [7, 11) is 0. The second kappa shape index (κ2) is 9.21. The Bertz CT molecular complexity index is 1330. The molecule has 0 bridgehead atoms. The molecule has 0 saturated heterocycles. The average Bonchev–Trinajstić information content (AvgIpc) is 2.81. The number of aryl methyl sites for hydroxylation is 1. The smallest absolute Gasteiger partial charge is 0.418 e. The number of aromatic nitrogens is 1. The molecule has 1 heterocycles. The summed E-state index contributed by atoms with van der Waals surface area (Å²) < 4.78 is 51.6. The van der Waals surface area contributed by atoms with Gasteiger partial charge in [0.25, 0.3) is 0 Å². The fraction of sp³-hybridized carbons (Fsp3) is 0.154. The highest BCUT2D eigenvalue weighted by Crippen LogP contribution is 2.38. The quantitative estimate of drug-likeness (QED) is 0.329. The van der Waals surface area contributed by atoms with E-state index in [1.54, 1.807) is 24.3 Å². The third-order valence-corrected chi connectivity index (χ3v) is 5.15. The lowest BCUT2D eigenvalue weighted by Gasteiger charge is -2.15. The predicted octanol–water partition coefficient (Wildman–Crippen LogP) is 6.71. The van der Waals surface area contributed by atoms with Crippen molar-refractivity contribution >= 4 is 10.9 Å². The lowest BCUT2D eigenvalue weighted by atomic mass is 9.95. The van der Waals surface area contributed by atoms with Crippen molar-refractivity contribution < 1.29 is 22.6 Å². The van der Waals surface area contributed by atoms with Gasteiger partial charge in [0, 0.05) is 11.6 Å². The summed E-state index contributed by atoms with van der Waals surface area (Å²) in [6.07, 6.45) is -3.02. The Morgan fingerprint density at radius 1 is 0.939 bits per heavy atom. The fourth-order valence-electron chi connectivity index (χ4n) is 3.64. The van der Waals surface area contributed by atoms with Crippen LogP contribution in [0.3, 0.4) is 0 Å². The Balaban J connectivity index is 1.62. The molecule has 0 fully saturated rings. The lowest BCUT2D eigenvalue weighted by Crippen LogP contribution is -2.07. The molecule has 0 unspecified atom stereocenters. The topological polar surface area (TPSA) is 55.1 Å². The number of alkyl halides is 3. The highest BCUT2D eigenvalue weighted by Gasteiger charge is 2.33. The molecule has 0 atom stereocenters. The molecule has 166 valence electrons. The summed E-state index contributed by atoms with van der Waals surface area (Å²) >= 11 is 0. The van der Waals surface area contributed by atoms with Gasteiger partial charge in [0.2, 0.25) is 0 Å². The van der Waals surface area contributed by atoms with Gasteiger partial charge >= 0.3 is 6.18 Å². The predicted molar refractivity (Wildman–Crippen MR) is 119 cm³/mol. The van der Waals surface area contributed by atoms with E-state index in [0.29, 0.717) is 29.1 Å². The van der Waals surface area contributed by atoms with Crippen molar-refractivity contribution in [2.24, 2.45) is 0 Å². The van der Waals surface area contributed by atoms with Gasteiger partial charge in [-0.15, -0.1) is 0 Å². The minimum absolute atomic E-state index is 0.0177. The van der Waals surface area contributed by atoms with E-state index in [1.807, 2.05) is 43.3 Å². The van der Waals surface area contributed by atoms with Gasteiger partial charge in [0.05, 0.1) is 11.1 Å². The van der Waals surface area contributed by atoms with E-state index in [0.717, 1.165) is 22.8 Å². The van der Waals surface area contributed by atoms with E-state index in [2.05, 4.69) is 4.98 Å². The van der Waals surface area contributed by atoms with Crippen LogP contribution in [0.5, 0.6) is 11.5 Å². The van der Waals surface area contributed by atoms with Gasteiger partial charge in [-0.2, -0.15) is 18.4 Å². The summed E-state index contributed by atoms with van der Waals surface area (Å²) in [5, 5.41) is 9.01.